The Morgan fingerprint density at radius 2 is 1.84 bits per heavy atom. The lowest BCUT2D eigenvalue weighted by atomic mass is 9.96. The van der Waals surface area contributed by atoms with Crippen LogP contribution in [0.25, 0.3) is 0 Å². The number of nitrogens with zero attached hydrogens (tertiary/aromatic N) is 2. The van der Waals surface area contributed by atoms with Gasteiger partial charge in [-0.1, -0.05) is 25.9 Å². The number of carbonyl (C=O) groups is 1. The summed E-state index contributed by atoms with van der Waals surface area (Å²) in [5.41, 5.74) is 5.06. The molecule has 1 amide bonds. The van der Waals surface area contributed by atoms with Crippen molar-refractivity contribution < 1.29 is 24.3 Å². The maximum absolute atomic E-state index is 11.2. The smallest absolute Gasteiger partial charge is 0.407 e. The van der Waals surface area contributed by atoms with Crippen LogP contribution in [0.5, 0.6) is 0 Å². The second kappa shape index (κ2) is 8.86. The summed E-state index contributed by atoms with van der Waals surface area (Å²) in [5.74, 6) is -0.145. The van der Waals surface area contributed by atoms with E-state index in [1.165, 1.54) is 7.05 Å². The van der Waals surface area contributed by atoms with Crippen molar-refractivity contribution in [3.63, 3.8) is 0 Å². The summed E-state index contributed by atoms with van der Waals surface area (Å²) < 4.78 is 11.9. The molecule has 0 spiro atoms. The topological polar surface area (TPSA) is 118 Å². The SMILES string of the molecule is COC(C)(CCC(/C(N)=N/O)N(C)C(=O)O)CO[Si](C)(C)C(C)(C)C. The second-order valence-electron chi connectivity index (χ2n) is 8.18. The lowest BCUT2D eigenvalue weighted by molar-refractivity contribution is -0.0424. The first-order valence-corrected chi connectivity index (χ1v) is 11.2. The summed E-state index contributed by atoms with van der Waals surface area (Å²) in [6, 6.07) is -0.732. The van der Waals surface area contributed by atoms with Gasteiger partial charge in [0.1, 0.15) is 0 Å². The molecule has 0 rings (SSSR count). The van der Waals surface area contributed by atoms with Crippen molar-refractivity contribution in [2.75, 3.05) is 20.8 Å². The number of hydrogen-bond donors (Lipinski definition) is 3. The fourth-order valence-corrected chi connectivity index (χ4v) is 3.06. The third-order valence-electron chi connectivity index (χ3n) is 5.21. The Kier molecular flexibility index (Phi) is 8.39. The third kappa shape index (κ3) is 6.83. The summed E-state index contributed by atoms with van der Waals surface area (Å²) in [6.07, 6.45) is -0.297. The molecule has 25 heavy (non-hydrogen) atoms. The minimum Gasteiger partial charge on any atom is -0.465 e. The molecule has 148 valence electrons. The van der Waals surface area contributed by atoms with E-state index in [1.807, 2.05) is 6.92 Å². The highest BCUT2D eigenvalue weighted by molar-refractivity contribution is 6.74. The molecule has 0 aliphatic rings. The fourth-order valence-electron chi connectivity index (χ4n) is 1.96. The van der Waals surface area contributed by atoms with Crippen molar-refractivity contribution in [1.29, 1.82) is 0 Å². The third-order valence-corrected chi connectivity index (χ3v) is 9.69. The number of carboxylic acid groups (broad SMARTS) is 1. The maximum Gasteiger partial charge on any atom is 0.407 e. The zero-order valence-corrected chi connectivity index (χ0v) is 17.8. The normalized spacial score (nSPS) is 17.0. The van der Waals surface area contributed by atoms with Gasteiger partial charge in [-0.05, 0) is 37.9 Å². The van der Waals surface area contributed by atoms with Crippen molar-refractivity contribution in [1.82, 2.24) is 4.90 Å². The van der Waals surface area contributed by atoms with Crippen LogP contribution < -0.4 is 5.73 Å². The van der Waals surface area contributed by atoms with Gasteiger partial charge in [-0.25, -0.2) is 4.79 Å². The molecule has 9 heteroatoms. The molecule has 0 fully saturated rings. The molecule has 2 atom stereocenters. The van der Waals surface area contributed by atoms with Gasteiger partial charge in [-0.3, -0.25) is 0 Å². The van der Waals surface area contributed by atoms with Crippen LogP contribution in [-0.2, 0) is 9.16 Å². The summed E-state index contributed by atoms with van der Waals surface area (Å²) >= 11 is 0. The van der Waals surface area contributed by atoms with Crippen molar-refractivity contribution >= 4 is 20.2 Å². The zero-order valence-electron chi connectivity index (χ0n) is 16.8. The molecular weight excluding hydrogens is 342 g/mol. The molecule has 0 aliphatic heterocycles. The van der Waals surface area contributed by atoms with E-state index in [0.717, 1.165) is 4.90 Å². The van der Waals surface area contributed by atoms with Gasteiger partial charge in [0.15, 0.2) is 14.2 Å². The van der Waals surface area contributed by atoms with Crippen LogP contribution in [0.1, 0.15) is 40.5 Å². The highest BCUT2D eigenvalue weighted by Gasteiger charge is 2.39. The Hall–Kier alpha value is -1.32. The molecule has 0 aromatic carbocycles. The fraction of sp³-hybridized carbons (Fsp3) is 0.875. The molecular formula is C16H35N3O5Si. The first-order valence-electron chi connectivity index (χ1n) is 8.33. The van der Waals surface area contributed by atoms with E-state index in [9.17, 15) is 4.79 Å². The van der Waals surface area contributed by atoms with Crippen LogP contribution >= 0.6 is 0 Å². The van der Waals surface area contributed by atoms with Crippen LogP contribution in [0.2, 0.25) is 18.1 Å². The summed E-state index contributed by atoms with van der Waals surface area (Å²) in [6.45, 7) is 13.2. The van der Waals surface area contributed by atoms with E-state index in [2.05, 4.69) is 39.0 Å². The van der Waals surface area contributed by atoms with Gasteiger partial charge in [0.05, 0.1) is 18.2 Å². The lowest BCUT2D eigenvalue weighted by Crippen LogP contribution is -2.48. The molecule has 0 radical (unpaired) electrons. The van der Waals surface area contributed by atoms with Gasteiger partial charge in [-0.15, -0.1) is 0 Å². The minimum atomic E-state index is -1.93. The number of hydrogen-bond acceptors (Lipinski definition) is 5. The van der Waals surface area contributed by atoms with E-state index in [0.29, 0.717) is 19.4 Å². The number of oxime groups is 1. The molecule has 0 bridgehead atoms. The van der Waals surface area contributed by atoms with Crippen molar-refractivity contribution in [3.05, 3.63) is 0 Å². The maximum atomic E-state index is 11.2. The molecule has 0 saturated heterocycles. The van der Waals surface area contributed by atoms with Crippen LogP contribution in [0.3, 0.4) is 0 Å². The zero-order chi connectivity index (χ0) is 20.1. The minimum absolute atomic E-state index is 0.0850. The Balaban J connectivity index is 5.07. The highest BCUT2D eigenvalue weighted by Crippen LogP contribution is 2.37. The molecule has 4 N–H and O–H groups in total. The Bertz CT molecular complexity index is 479. The predicted octanol–water partition coefficient (Wildman–Crippen LogP) is 2.92. The lowest BCUT2D eigenvalue weighted by Gasteiger charge is -2.40. The second-order valence-corrected chi connectivity index (χ2v) is 13.0. The van der Waals surface area contributed by atoms with E-state index in [1.54, 1.807) is 7.11 Å². The number of amides is 1. The first kappa shape index (κ1) is 23.7. The summed E-state index contributed by atoms with van der Waals surface area (Å²) in [5, 5.41) is 21.1. The largest absolute Gasteiger partial charge is 0.465 e. The monoisotopic (exact) mass is 377 g/mol. The molecule has 2 unspecified atom stereocenters. The molecule has 8 nitrogen and oxygen atoms in total. The van der Waals surface area contributed by atoms with Crippen LogP contribution in [0, 0.1) is 0 Å². The molecule has 0 saturated carbocycles. The number of amidine groups is 1. The standard InChI is InChI=1S/C16H35N3O5Si/c1-15(2,3)25(7,8)24-11-16(4,23-6)10-9-12(13(17)18-22)19(5)14(20)21/h12,22H,9-11H2,1-8H3,(H2,17,18)(H,20,21). The van der Waals surface area contributed by atoms with Crippen LogP contribution in [0.15, 0.2) is 5.16 Å². The number of ether oxygens (including phenoxy) is 1. The van der Waals surface area contributed by atoms with Crippen molar-refractivity contribution in [3.8, 4) is 0 Å². The number of likely N-dealkylation sites (N-methyl/N-ethyl adjacent to an activating group) is 1. The molecule has 0 heterocycles. The predicted molar refractivity (Wildman–Crippen MR) is 101 cm³/mol. The van der Waals surface area contributed by atoms with E-state index >= 15 is 0 Å². The number of nitrogens with two attached hydrogens (primary N) is 1. The average Bonchev–Trinajstić information content (AvgIpc) is 2.51. The van der Waals surface area contributed by atoms with Crippen molar-refractivity contribution in [2.45, 2.75) is 70.3 Å². The van der Waals surface area contributed by atoms with Gasteiger partial charge >= 0.3 is 6.09 Å². The van der Waals surface area contributed by atoms with Gasteiger partial charge in [0.25, 0.3) is 0 Å². The van der Waals surface area contributed by atoms with E-state index in [4.69, 9.17) is 25.2 Å². The first-order chi connectivity index (χ1) is 11.2. The van der Waals surface area contributed by atoms with Gasteiger partial charge in [-0.2, -0.15) is 0 Å². The van der Waals surface area contributed by atoms with Gasteiger partial charge in [0.2, 0.25) is 0 Å². The van der Waals surface area contributed by atoms with Crippen LogP contribution in [-0.4, -0.2) is 67.9 Å². The van der Waals surface area contributed by atoms with Crippen molar-refractivity contribution in [2.24, 2.45) is 10.9 Å². The molecule has 0 aromatic heterocycles. The molecule has 0 aliphatic carbocycles. The highest BCUT2D eigenvalue weighted by atomic mass is 28.4. The quantitative estimate of drug-likeness (QED) is 0.187. The van der Waals surface area contributed by atoms with Gasteiger partial charge < -0.3 is 30.1 Å². The van der Waals surface area contributed by atoms with E-state index < -0.39 is 26.1 Å². The Morgan fingerprint density at radius 1 is 1.32 bits per heavy atom. The van der Waals surface area contributed by atoms with Gasteiger partial charge in [0, 0.05) is 14.2 Å². The average molecular weight is 378 g/mol. The summed E-state index contributed by atoms with van der Waals surface area (Å²) in [7, 11) is 1.07. The summed E-state index contributed by atoms with van der Waals surface area (Å²) in [4.78, 5) is 12.2. The Morgan fingerprint density at radius 3 is 2.20 bits per heavy atom. The Labute approximate surface area is 152 Å². The molecule has 0 aromatic rings. The number of methoxy groups -OCH3 is 1. The van der Waals surface area contributed by atoms with Crippen LogP contribution in [0.4, 0.5) is 4.79 Å². The van der Waals surface area contributed by atoms with E-state index in [-0.39, 0.29) is 10.9 Å². The number of rotatable bonds is 9.